The molecule has 0 amide bonds. The molecule has 3 rings (SSSR count). The lowest BCUT2D eigenvalue weighted by molar-refractivity contribution is 0.645. The summed E-state index contributed by atoms with van der Waals surface area (Å²) in [5.74, 6) is 0. The molecule has 0 spiro atoms. The lowest BCUT2D eigenvalue weighted by Crippen LogP contribution is -2.23. The lowest BCUT2D eigenvalue weighted by Gasteiger charge is -2.09. The Balaban J connectivity index is 2.09. The van der Waals surface area contributed by atoms with Crippen molar-refractivity contribution in [1.82, 2.24) is 9.78 Å². The third kappa shape index (κ3) is 2.23. The van der Waals surface area contributed by atoms with Crippen LogP contribution in [0.5, 0.6) is 0 Å². The van der Waals surface area contributed by atoms with E-state index in [2.05, 4.69) is 37.1 Å². The zero-order valence-corrected chi connectivity index (χ0v) is 11.6. The van der Waals surface area contributed by atoms with Crippen molar-refractivity contribution < 1.29 is 0 Å². The minimum atomic E-state index is -0.0380. The Morgan fingerprint density at radius 3 is 2.75 bits per heavy atom. The van der Waals surface area contributed by atoms with Crippen molar-refractivity contribution in [1.29, 1.82) is 0 Å². The van der Waals surface area contributed by atoms with Crippen molar-refractivity contribution in [3.63, 3.8) is 0 Å². The number of hydrogen-bond donors (Lipinski definition) is 0. The van der Waals surface area contributed by atoms with Crippen LogP contribution in [0.15, 0.2) is 53.5 Å². The minimum Gasteiger partial charge on any atom is -0.267 e. The van der Waals surface area contributed by atoms with E-state index < -0.39 is 0 Å². The van der Waals surface area contributed by atoms with Crippen LogP contribution in [-0.4, -0.2) is 9.78 Å². The predicted octanol–water partition coefficient (Wildman–Crippen LogP) is 3.06. The Morgan fingerprint density at radius 2 is 1.90 bits per heavy atom. The molecule has 0 radical (unpaired) electrons. The van der Waals surface area contributed by atoms with Gasteiger partial charge in [0.25, 0.3) is 5.56 Å². The maximum absolute atomic E-state index is 12.4. The molecular formula is C17H16N2O. The highest BCUT2D eigenvalue weighted by Gasteiger charge is 2.06. The molecule has 3 nitrogen and oxygen atoms in total. The second kappa shape index (κ2) is 4.93. The maximum atomic E-state index is 12.4. The van der Waals surface area contributed by atoms with Gasteiger partial charge in [-0.1, -0.05) is 42.0 Å². The van der Waals surface area contributed by atoms with E-state index >= 15 is 0 Å². The fraction of sp³-hybridized carbons (Fsp3) is 0.176. The van der Waals surface area contributed by atoms with Gasteiger partial charge in [-0.3, -0.25) is 4.79 Å². The van der Waals surface area contributed by atoms with E-state index in [0.29, 0.717) is 11.9 Å². The lowest BCUT2D eigenvalue weighted by atomic mass is 10.1. The Labute approximate surface area is 117 Å². The van der Waals surface area contributed by atoms with Gasteiger partial charge in [0.05, 0.1) is 18.1 Å². The van der Waals surface area contributed by atoms with E-state index in [0.717, 1.165) is 10.9 Å². The molecule has 100 valence electrons. The number of benzene rings is 2. The smallest absolute Gasteiger partial charge is 0.267 e. The quantitative estimate of drug-likeness (QED) is 0.713. The summed E-state index contributed by atoms with van der Waals surface area (Å²) in [5.41, 5.74) is 3.47. The monoisotopic (exact) mass is 264 g/mol. The second-order valence-corrected chi connectivity index (χ2v) is 5.12. The number of nitrogens with zero attached hydrogens (tertiary/aromatic N) is 2. The number of hydrogen-bond acceptors (Lipinski definition) is 2. The first kappa shape index (κ1) is 12.6. The van der Waals surface area contributed by atoms with Gasteiger partial charge in [-0.25, -0.2) is 4.68 Å². The normalized spacial score (nSPS) is 10.9. The van der Waals surface area contributed by atoms with E-state index in [9.17, 15) is 4.79 Å². The fourth-order valence-corrected chi connectivity index (χ4v) is 2.37. The summed E-state index contributed by atoms with van der Waals surface area (Å²) in [7, 11) is 0. The van der Waals surface area contributed by atoms with Gasteiger partial charge >= 0.3 is 0 Å². The zero-order chi connectivity index (χ0) is 14.1. The highest BCUT2D eigenvalue weighted by molar-refractivity contribution is 5.80. The number of fused-ring (bicyclic) bond motifs is 1. The van der Waals surface area contributed by atoms with Crippen molar-refractivity contribution >= 4 is 10.8 Å². The summed E-state index contributed by atoms with van der Waals surface area (Å²) in [6, 6.07) is 13.8. The molecule has 20 heavy (non-hydrogen) atoms. The van der Waals surface area contributed by atoms with Crippen LogP contribution in [0.3, 0.4) is 0 Å². The van der Waals surface area contributed by atoms with Crippen LogP contribution in [0, 0.1) is 13.8 Å². The van der Waals surface area contributed by atoms with E-state index in [-0.39, 0.29) is 5.56 Å². The standard InChI is InChI=1S/C17H16N2O/c1-12-7-8-13(2)15(9-12)11-19-17(20)16-6-4-3-5-14(16)10-18-19/h3-10H,11H2,1-2H3. The number of aryl methyl sites for hydroxylation is 2. The van der Waals surface area contributed by atoms with Crippen molar-refractivity contribution in [2.75, 3.05) is 0 Å². The molecule has 3 heteroatoms. The SMILES string of the molecule is Cc1ccc(C)c(Cn2ncc3ccccc3c2=O)c1. The van der Waals surface area contributed by atoms with Crippen LogP contribution in [0.4, 0.5) is 0 Å². The molecule has 1 aromatic heterocycles. The number of aromatic nitrogens is 2. The van der Waals surface area contributed by atoms with Gasteiger partial charge in [-0.2, -0.15) is 5.10 Å². The third-order valence-corrected chi connectivity index (χ3v) is 3.59. The highest BCUT2D eigenvalue weighted by atomic mass is 16.1. The highest BCUT2D eigenvalue weighted by Crippen LogP contribution is 2.12. The van der Waals surface area contributed by atoms with Crippen molar-refractivity contribution in [2.45, 2.75) is 20.4 Å². The molecular weight excluding hydrogens is 248 g/mol. The molecule has 0 saturated carbocycles. The summed E-state index contributed by atoms with van der Waals surface area (Å²) in [5, 5.41) is 5.88. The van der Waals surface area contributed by atoms with Gasteiger partial charge in [-0.05, 0) is 31.0 Å². The molecule has 0 aliphatic rings. The van der Waals surface area contributed by atoms with Crippen molar-refractivity contribution in [3.05, 3.63) is 75.7 Å². The molecule has 0 saturated heterocycles. The van der Waals surface area contributed by atoms with Crippen LogP contribution in [0.1, 0.15) is 16.7 Å². The van der Waals surface area contributed by atoms with Crippen molar-refractivity contribution in [3.8, 4) is 0 Å². The Morgan fingerprint density at radius 1 is 1.10 bits per heavy atom. The molecule has 0 N–H and O–H groups in total. The summed E-state index contributed by atoms with van der Waals surface area (Å²) >= 11 is 0. The van der Waals surface area contributed by atoms with Crippen LogP contribution < -0.4 is 5.56 Å². The van der Waals surface area contributed by atoms with E-state index in [1.165, 1.54) is 15.8 Å². The van der Waals surface area contributed by atoms with Crippen LogP contribution >= 0.6 is 0 Å². The summed E-state index contributed by atoms with van der Waals surface area (Å²) in [6.07, 6.45) is 1.75. The van der Waals surface area contributed by atoms with Gasteiger partial charge in [0.2, 0.25) is 0 Å². The third-order valence-electron chi connectivity index (χ3n) is 3.59. The molecule has 1 heterocycles. The molecule has 0 bridgehead atoms. The average Bonchev–Trinajstić information content (AvgIpc) is 2.46. The molecule has 0 unspecified atom stereocenters. The Hall–Kier alpha value is -2.42. The molecule has 0 fully saturated rings. The Bertz CT molecular complexity index is 834. The molecule has 0 aliphatic carbocycles. The van der Waals surface area contributed by atoms with Crippen LogP contribution in [0.25, 0.3) is 10.8 Å². The van der Waals surface area contributed by atoms with E-state index in [4.69, 9.17) is 0 Å². The predicted molar refractivity (Wildman–Crippen MR) is 81.0 cm³/mol. The maximum Gasteiger partial charge on any atom is 0.274 e. The van der Waals surface area contributed by atoms with Crippen LogP contribution in [0.2, 0.25) is 0 Å². The topological polar surface area (TPSA) is 34.9 Å². The average molecular weight is 264 g/mol. The van der Waals surface area contributed by atoms with Crippen LogP contribution in [-0.2, 0) is 6.54 Å². The van der Waals surface area contributed by atoms with Gasteiger partial charge in [0, 0.05) is 5.39 Å². The number of rotatable bonds is 2. The largest absolute Gasteiger partial charge is 0.274 e. The Kier molecular flexibility index (Phi) is 3.11. The summed E-state index contributed by atoms with van der Waals surface area (Å²) in [6.45, 7) is 4.62. The van der Waals surface area contributed by atoms with Crippen molar-refractivity contribution in [2.24, 2.45) is 0 Å². The first-order valence-corrected chi connectivity index (χ1v) is 6.66. The first-order chi connectivity index (χ1) is 9.65. The second-order valence-electron chi connectivity index (χ2n) is 5.12. The molecule has 0 aliphatic heterocycles. The first-order valence-electron chi connectivity index (χ1n) is 6.66. The fourth-order valence-electron chi connectivity index (χ4n) is 2.37. The zero-order valence-electron chi connectivity index (χ0n) is 11.6. The summed E-state index contributed by atoms with van der Waals surface area (Å²) < 4.78 is 1.53. The molecule has 3 aromatic rings. The van der Waals surface area contributed by atoms with Gasteiger partial charge in [-0.15, -0.1) is 0 Å². The van der Waals surface area contributed by atoms with Gasteiger partial charge in [0.1, 0.15) is 0 Å². The van der Waals surface area contributed by atoms with E-state index in [1.807, 2.05) is 24.3 Å². The van der Waals surface area contributed by atoms with Gasteiger partial charge in [0.15, 0.2) is 0 Å². The molecule has 2 aromatic carbocycles. The molecule has 0 atom stereocenters. The van der Waals surface area contributed by atoms with Gasteiger partial charge < -0.3 is 0 Å². The minimum absolute atomic E-state index is 0.0380. The summed E-state index contributed by atoms with van der Waals surface area (Å²) in [4.78, 5) is 12.4. The van der Waals surface area contributed by atoms with E-state index in [1.54, 1.807) is 6.20 Å².